The average Bonchev–Trinajstić information content (AvgIpc) is 3.13. The van der Waals surface area contributed by atoms with Gasteiger partial charge < -0.3 is 10.5 Å². The fraction of sp³-hybridized carbons (Fsp3) is 0.167. The Morgan fingerprint density at radius 1 is 1.04 bits per heavy atom. The Hall–Kier alpha value is -2.14. The highest BCUT2D eigenvalue weighted by Gasteiger charge is 2.32. The van der Waals surface area contributed by atoms with Gasteiger partial charge in [0, 0.05) is 30.4 Å². The molecule has 0 saturated carbocycles. The summed E-state index contributed by atoms with van der Waals surface area (Å²) in [7, 11) is 1.67. The first kappa shape index (κ1) is 15.7. The Labute approximate surface area is 140 Å². The van der Waals surface area contributed by atoms with Crippen LogP contribution in [0.3, 0.4) is 0 Å². The van der Waals surface area contributed by atoms with Crippen molar-refractivity contribution in [3.8, 4) is 11.1 Å². The lowest BCUT2D eigenvalue weighted by atomic mass is 9.85. The van der Waals surface area contributed by atoms with Crippen molar-refractivity contribution in [1.82, 2.24) is 10.2 Å². The van der Waals surface area contributed by atoms with E-state index < -0.39 is 5.60 Å². The Bertz CT molecular complexity index is 748. The van der Waals surface area contributed by atoms with Crippen LogP contribution in [0.25, 0.3) is 11.1 Å². The standard InChI is InChI=1S/C18H18ClN3O/c1-23-18(12-20,16-6-8-17(19)9-7-16)15-4-2-13(3-5-15)14-10-21-22-11-14/h2-11H,12,20H2,1H3,(H,21,22). The van der Waals surface area contributed by atoms with Crippen LogP contribution in [0.5, 0.6) is 0 Å². The first-order valence-corrected chi connectivity index (χ1v) is 7.68. The molecule has 1 aromatic heterocycles. The van der Waals surface area contributed by atoms with Gasteiger partial charge >= 0.3 is 0 Å². The van der Waals surface area contributed by atoms with Crippen molar-refractivity contribution in [2.24, 2.45) is 5.73 Å². The molecule has 0 fully saturated rings. The van der Waals surface area contributed by atoms with E-state index in [-0.39, 0.29) is 0 Å². The molecule has 3 aromatic rings. The van der Waals surface area contributed by atoms with E-state index in [1.54, 1.807) is 13.3 Å². The molecule has 0 aliphatic rings. The van der Waals surface area contributed by atoms with Crippen molar-refractivity contribution in [3.63, 3.8) is 0 Å². The monoisotopic (exact) mass is 327 g/mol. The number of methoxy groups -OCH3 is 1. The number of aromatic nitrogens is 2. The fourth-order valence-electron chi connectivity index (χ4n) is 2.78. The van der Waals surface area contributed by atoms with Crippen LogP contribution in [-0.4, -0.2) is 23.9 Å². The van der Waals surface area contributed by atoms with E-state index in [0.29, 0.717) is 11.6 Å². The number of aromatic amines is 1. The molecule has 5 heteroatoms. The van der Waals surface area contributed by atoms with Crippen molar-refractivity contribution in [2.45, 2.75) is 5.60 Å². The van der Waals surface area contributed by atoms with Gasteiger partial charge in [-0.25, -0.2) is 0 Å². The van der Waals surface area contributed by atoms with Crippen LogP contribution >= 0.6 is 11.6 Å². The molecule has 4 nitrogen and oxygen atoms in total. The third-order valence-corrected chi connectivity index (χ3v) is 4.38. The number of H-pyrrole nitrogens is 1. The molecular weight excluding hydrogens is 310 g/mol. The molecule has 0 amide bonds. The molecule has 0 aliphatic heterocycles. The van der Waals surface area contributed by atoms with E-state index in [0.717, 1.165) is 22.3 Å². The zero-order valence-corrected chi connectivity index (χ0v) is 13.5. The molecule has 0 radical (unpaired) electrons. The first-order valence-electron chi connectivity index (χ1n) is 7.30. The molecule has 0 bridgehead atoms. The summed E-state index contributed by atoms with van der Waals surface area (Å²) < 4.78 is 5.84. The van der Waals surface area contributed by atoms with Crippen LogP contribution < -0.4 is 5.73 Å². The number of benzene rings is 2. The highest BCUT2D eigenvalue weighted by atomic mass is 35.5. The second-order valence-corrected chi connectivity index (χ2v) is 5.74. The minimum Gasteiger partial charge on any atom is -0.367 e. The van der Waals surface area contributed by atoms with Crippen molar-refractivity contribution in [1.29, 1.82) is 0 Å². The Morgan fingerprint density at radius 2 is 1.65 bits per heavy atom. The maximum Gasteiger partial charge on any atom is 0.130 e. The summed E-state index contributed by atoms with van der Waals surface area (Å²) >= 11 is 5.99. The topological polar surface area (TPSA) is 63.9 Å². The Morgan fingerprint density at radius 3 is 2.13 bits per heavy atom. The van der Waals surface area contributed by atoms with Gasteiger partial charge in [0.15, 0.2) is 0 Å². The number of hydrogen-bond donors (Lipinski definition) is 2. The molecule has 1 atom stereocenters. The van der Waals surface area contributed by atoms with Gasteiger partial charge in [-0.15, -0.1) is 0 Å². The molecule has 23 heavy (non-hydrogen) atoms. The number of rotatable bonds is 5. The second-order valence-electron chi connectivity index (χ2n) is 5.31. The highest BCUT2D eigenvalue weighted by Crippen LogP contribution is 2.34. The number of nitrogens with one attached hydrogen (secondary N) is 1. The van der Waals surface area contributed by atoms with E-state index >= 15 is 0 Å². The first-order chi connectivity index (χ1) is 11.2. The quantitative estimate of drug-likeness (QED) is 0.753. The van der Waals surface area contributed by atoms with Gasteiger partial charge in [-0.3, -0.25) is 5.10 Å². The van der Waals surface area contributed by atoms with Crippen LogP contribution in [0, 0.1) is 0 Å². The molecule has 0 aliphatic carbocycles. The smallest absolute Gasteiger partial charge is 0.130 e. The molecule has 2 aromatic carbocycles. The van der Waals surface area contributed by atoms with Crippen LogP contribution in [0.15, 0.2) is 60.9 Å². The summed E-state index contributed by atoms with van der Waals surface area (Å²) in [6, 6.07) is 15.7. The zero-order chi connectivity index (χ0) is 16.3. The Balaban J connectivity index is 2.02. The third-order valence-electron chi connectivity index (χ3n) is 4.13. The number of hydrogen-bond acceptors (Lipinski definition) is 3. The van der Waals surface area contributed by atoms with Crippen LogP contribution in [0.1, 0.15) is 11.1 Å². The number of ether oxygens (including phenoxy) is 1. The third kappa shape index (κ3) is 2.88. The van der Waals surface area contributed by atoms with E-state index in [2.05, 4.69) is 10.2 Å². The molecule has 1 heterocycles. The van der Waals surface area contributed by atoms with Gasteiger partial charge in [0.1, 0.15) is 5.60 Å². The molecule has 0 saturated heterocycles. The predicted octanol–water partition coefficient (Wildman–Crippen LogP) is 3.58. The van der Waals surface area contributed by atoms with Crippen molar-refractivity contribution >= 4 is 11.6 Å². The molecular formula is C18H18ClN3O. The van der Waals surface area contributed by atoms with Gasteiger partial charge in [0.2, 0.25) is 0 Å². The average molecular weight is 328 g/mol. The summed E-state index contributed by atoms with van der Waals surface area (Å²) in [5, 5.41) is 7.48. The fourth-order valence-corrected chi connectivity index (χ4v) is 2.91. The van der Waals surface area contributed by atoms with Crippen molar-refractivity contribution < 1.29 is 4.74 Å². The van der Waals surface area contributed by atoms with E-state index in [1.807, 2.05) is 54.7 Å². The van der Waals surface area contributed by atoms with Crippen molar-refractivity contribution in [3.05, 3.63) is 77.1 Å². The van der Waals surface area contributed by atoms with Gasteiger partial charge in [-0.2, -0.15) is 5.10 Å². The van der Waals surface area contributed by atoms with Crippen molar-refractivity contribution in [2.75, 3.05) is 13.7 Å². The highest BCUT2D eigenvalue weighted by molar-refractivity contribution is 6.30. The number of halogens is 1. The molecule has 118 valence electrons. The maximum atomic E-state index is 6.08. The zero-order valence-electron chi connectivity index (χ0n) is 12.8. The van der Waals surface area contributed by atoms with Gasteiger partial charge in [0.05, 0.1) is 6.20 Å². The molecule has 0 spiro atoms. The summed E-state index contributed by atoms with van der Waals surface area (Å²) in [6.45, 7) is 0.330. The van der Waals surface area contributed by atoms with E-state index in [4.69, 9.17) is 22.1 Å². The summed E-state index contributed by atoms with van der Waals surface area (Å²) in [4.78, 5) is 0. The van der Waals surface area contributed by atoms with Gasteiger partial charge in [-0.05, 0) is 28.8 Å². The molecule has 1 unspecified atom stereocenters. The van der Waals surface area contributed by atoms with Crippen LogP contribution in [0.2, 0.25) is 5.02 Å². The van der Waals surface area contributed by atoms with Crippen LogP contribution in [-0.2, 0) is 10.3 Å². The largest absolute Gasteiger partial charge is 0.367 e. The summed E-state index contributed by atoms with van der Waals surface area (Å²) in [6.07, 6.45) is 3.65. The molecule has 3 rings (SSSR count). The van der Waals surface area contributed by atoms with Gasteiger partial charge in [-0.1, -0.05) is 48.0 Å². The lowest BCUT2D eigenvalue weighted by Crippen LogP contribution is -2.38. The lowest BCUT2D eigenvalue weighted by Gasteiger charge is -2.32. The SMILES string of the molecule is COC(CN)(c1ccc(Cl)cc1)c1ccc(-c2cn[nH]c2)cc1. The predicted molar refractivity (Wildman–Crippen MR) is 92.3 cm³/mol. The van der Waals surface area contributed by atoms with E-state index in [1.165, 1.54) is 0 Å². The molecule has 3 N–H and O–H groups in total. The summed E-state index contributed by atoms with van der Waals surface area (Å²) in [5.41, 5.74) is 9.48. The maximum absolute atomic E-state index is 6.08. The second kappa shape index (κ2) is 6.54. The van der Waals surface area contributed by atoms with Gasteiger partial charge in [0.25, 0.3) is 0 Å². The number of nitrogens with zero attached hydrogens (tertiary/aromatic N) is 1. The Kier molecular flexibility index (Phi) is 4.48. The lowest BCUT2D eigenvalue weighted by molar-refractivity contribution is 0.0299. The van der Waals surface area contributed by atoms with E-state index in [9.17, 15) is 0 Å². The minimum atomic E-state index is -0.695. The van der Waals surface area contributed by atoms with Crippen LogP contribution in [0.4, 0.5) is 0 Å². The number of nitrogens with two attached hydrogens (primary N) is 1. The summed E-state index contributed by atoms with van der Waals surface area (Å²) in [5.74, 6) is 0. The minimum absolute atomic E-state index is 0.330. The normalized spacial score (nSPS) is 13.7.